The van der Waals surface area contributed by atoms with E-state index >= 15 is 0 Å². The number of para-hydroxylation sites is 1. The van der Waals surface area contributed by atoms with Gasteiger partial charge in [0.15, 0.2) is 0 Å². The van der Waals surface area contributed by atoms with Gasteiger partial charge in [-0.3, -0.25) is 0 Å². The van der Waals surface area contributed by atoms with E-state index in [1.165, 1.54) is 5.56 Å². The van der Waals surface area contributed by atoms with Crippen LogP contribution in [0.4, 0.5) is 0 Å². The first kappa shape index (κ1) is 9.46. The molecule has 0 aliphatic carbocycles. The van der Waals surface area contributed by atoms with E-state index in [9.17, 15) is 0 Å². The first-order valence-electron chi connectivity index (χ1n) is 3.95. The Kier molecular flexibility index (Phi) is 3.48. The van der Waals surface area contributed by atoms with Crippen molar-refractivity contribution in [1.29, 1.82) is 0 Å². The second kappa shape index (κ2) is 4.41. The van der Waals surface area contributed by atoms with Crippen LogP contribution in [-0.2, 0) is 0 Å². The van der Waals surface area contributed by atoms with Crippen molar-refractivity contribution in [2.75, 3.05) is 13.4 Å². The highest BCUT2D eigenvalue weighted by atomic mass is 32.2. The molecule has 0 radical (unpaired) electrons. The van der Waals surface area contributed by atoms with Crippen LogP contribution in [0.15, 0.2) is 24.3 Å². The lowest BCUT2D eigenvalue weighted by molar-refractivity contribution is 0.410. The summed E-state index contributed by atoms with van der Waals surface area (Å²) in [5, 5.41) is 0.501. The average molecular weight is 182 g/mol. The van der Waals surface area contributed by atoms with Gasteiger partial charge in [0.25, 0.3) is 0 Å². The molecule has 2 heteroatoms. The standard InChI is InChI=1S/C10H14OS/c1-8(12-3)9-6-4-5-7-10(9)11-2/h4-8H,1-3H3. The summed E-state index contributed by atoms with van der Waals surface area (Å²) in [5.74, 6) is 0.986. The Balaban J connectivity index is 2.96. The molecular formula is C10H14OS. The highest BCUT2D eigenvalue weighted by Gasteiger charge is 2.07. The number of hydrogen-bond acceptors (Lipinski definition) is 2. The number of benzene rings is 1. The van der Waals surface area contributed by atoms with Crippen LogP contribution in [0.3, 0.4) is 0 Å². The summed E-state index contributed by atoms with van der Waals surface area (Å²) < 4.78 is 5.25. The molecule has 0 spiro atoms. The van der Waals surface area contributed by atoms with Crippen LogP contribution in [0, 0.1) is 0 Å². The lowest BCUT2D eigenvalue weighted by atomic mass is 10.1. The Labute approximate surface area is 78.1 Å². The number of methoxy groups -OCH3 is 1. The van der Waals surface area contributed by atoms with Crippen LogP contribution < -0.4 is 4.74 Å². The molecule has 0 aromatic heterocycles. The van der Waals surface area contributed by atoms with Crippen molar-refractivity contribution in [2.45, 2.75) is 12.2 Å². The van der Waals surface area contributed by atoms with Gasteiger partial charge in [0.1, 0.15) is 5.75 Å². The van der Waals surface area contributed by atoms with Gasteiger partial charge in [0, 0.05) is 10.8 Å². The summed E-state index contributed by atoms with van der Waals surface area (Å²) >= 11 is 1.83. The monoisotopic (exact) mass is 182 g/mol. The quantitative estimate of drug-likeness (QED) is 0.710. The fraction of sp³-hybridized carbons (Fsp3) is 0.400. The molecular weight excluding hydrogens is 168 g/mol. The van der Waals surface area contributed by atoms with Crippen LogP contribution in [0.25, 0.3) is 0 Å². The molecule has 0 bridgehead atoms. The number of hydrogen-bond donors (Lipinski definition) is 0. The van der Waals surface area contributed by atoms with Gasteiger partial charge in [-0.25, -0.2) is 0 Å². The van der Waals surface area contributed by atoms with E-state index in [1.807, 2.05) is 30.0 Å². The summed E-state index contributed by atoms with van der Waals surface area (Å²) in [6, 6.07) is 8.15. The Morgan fingerprint density at radius 2 is 2.00 bits per heavy atom. The summed E-state index contributed by atoms with van der Waals surface area (Å²) in [7, 11) is 1.71. The van der Waals surface area contributed by atoms with Gasteiger partial charge in [-0.15, -0.1) is 0 Å². The molecule has 0 aliphatic rings. The van der Waals surface area contributed by atoms with Gasteiger partial charge < -0.3 is 4.74 Å². The maximum atomic E-state index is 5.25. The first-order valence-corrected chi connectivity index (χ1v) is 5.24. The van der Waals surface area contributed by atoms with E-state index in [2.05, 4.69) is 19.2 Å². The summed E-state index contributed by atoms with van der Waals surface area (Å²) in [5.41, 5.74) is 1.27. The van der Waals surface area contributed by atoms with Gasteiger partial charge in [-0.05, 0) is 19.2 Å². The van der Waals surface area contributed by atoms with E-state index in [4.69, 9.17) is 4.74 Å². The zero-order chi connectivity index (χ0) is 8.97. The lowest BCUT2D eigenvalue weighted by Gasteiger charge is -2.12. The Morgan fingerprint density at radius 1 is 1.33 bits per heavy atom. The lowest BCUT2D eigenvalue weighted by Crippen LogP contribution is -1.93. The molecule has 0 amide bonds. The minimum atomic E-state index is 0.501. The van der Waals surface area contributed by atoms with Crippen LogP contribution in [0.5, 0.6) is 5.75 Å². The van der Waals surface area contributed by atoms with Crippen molar-refractivity contribution in [3.8, 4) is 5.75 Å². The Hall–Kier alpha value is -0.630. The molecule has 0 N–H and O–H groups in total. The minimum absolute atomic E-state index is 0.501. The number of rotatable bonds is 3. The van der Waals surface area contributed by atoms with Gasteiger partial charge in [0.05, 0.1) is 7.11 Å². The summed E-state index contributed by atoms with van der Waals surface area (Å²) in [6.07, 6.45) is 2.11. The normalized spacial score (nSPS) is 12.6. The molecule has 0 aliphatic heterocycles. The summed E-state index contributed by atoms with van der Waals surface area (Å²) in [4.78, 5) is 0. The molecule has 1 aromatic rings. The van der Waals surface area contributed by atoms with Gasteiger partial charge in [-0.1, -0.05) is 18.2 Å². The third-order valence-corrected chi connectivity index (χ3v) is 2.89. The third-order valence-electron chi connectivity index (χ3n) is 1.93. The van der Waals surface area contributed by atoms with Gasteiger partial charge >= 0.3 is 0 Å². The molecule has 0 fully saturated rings. The van der Waals surface area contributed by atoms with Crippen molar-refractivity contribution in [1.82, 2.24) is 0 Å². The van der Waals surface area contributed by atoms with Crippen molar-refractivity contribution in [3.05, 3.63) is 29.8 Å². The molecule has 1 rings (SSSR count). The molecule has 0 heterocycles. The van der Waals surface area contributed by atoms with Crippen LogP contribution >= 0.6 is 11.8 Å². The number of ether oxygens (including phenoxy) is 1. The van der Waals surface area contributed by atoms with Crippen LogP contribution in [0.1, 0.15) is 17.7 Å². The van der Waals surface area contributed by atoms with E-state index in [1.54, 1.807) is 7.11 Å². The fourth-order valence-corrected chi connectivity index (χ4v) is 1.58. The minimum Gasteiger partial charge on any atom is -0.496 e. The average Bonchev–Trinajstić information content (AvgIpc) is 2.16. The van der Waals surface area contributed by atoms with E-state index in [-0.39, 0.29) is 0 Å². The van der Waals surface area contributed by atoms with Crippen molar-refractivity contribution in [2.24, 2.45) is 0 Å². The maximum absolute atomic E-state index is 5.25. The van der Waals surface area contributed by atoms with Gasteiger partial charge in [0.2, 0.25) is 0 Å². The molecule has 0 saturated heterocycles. The molecule has 1 unspecified atom stereocenters. The Morgan fingerprint density at radius 3 is 2.58 bits per heavy atom. The fourth-order valence-electron chi connectivity index (χ4n) is 1.13. The van der Waals surface area contributed by atoms with E-state index in [0.29, 0.717) is 5.25 Å². The van der Waals surface area contributed by atoms with Crippen molar-refractivity contribution >= 4 is 11.8 Å². The first-order chi connectivity index (χ1) is 5.79. The molecule has 1 nitrogen and oxygen atoms in total. The van der Waals surface area contributed by atoms with Crippen molar-refractivity contribution < 1.29 is 4.74 Å². The van der Waals surface area contributed by atoms with Crippen LogP contribution in [-0.4, -0.2) is 13.4 Å². The van der Waals surface area contributed by atoms with Gasteiger partial charge in [-0.2, -0.15) is 11.8 Å². The number of thioether (sulfide) groups is 1. The Bertz CT molecular complexity index is 247. The topological polar surface area (TPSA) is 9.23 Å². The van der Waals surface area contributed by atoms with E-state index < -0.39 is 0 Å². The SMILES string of the molecule is COc1ccccc1C(C)SC. The molecule has 1 atom stereocenters. The predicted octanol–water partition coefficient (Wildman–Crippen LogP) is 3.12. The second-order valence-corrected chi connectivity index (χ2v) is 3.80. The van der Waals surface area contributed by atoms with Crippen molar-refractivity contribution in [3.63, 3.8) is 0 Å². The molecule has 1 aromatic carbocycles. The zero-order valence-corrected chi connectivity index (χ0v) is 8.52. The smallest absolute Gasteiger partial charge is 0.123 e. The zero-order valence-electron chi connectivity index (χ0n) is 7.70. The largest absolute Gasteiger partial charge is 0.496 e. The highest BCUT2D eigenvalue weighted by Crippen LogP contribution is 2.32. The van der Waals surface area contributed by atoms with Crippen LogP contribution in [0.2, 0.25) is 0 Å². The van der Waals surface area contributed by atoms with E-state index in [0.717, 1.165) is 5.75 Å². The summed E-state index contributed by atoms with van der Waals surface area (Å²) in [6.45, 7) is 2.18. The maximum Gasteiger partial charge on any atom is 0.123 e. The predicted molar refractivity (Wildman–Crippen MR) is 54.9 cm³/mol. The molecule has 0 saturated carbocycles. The molecule has 12 heavy (non-hydrogen) atoms. The second-order valence-electron chi connectivity index (χ2n) is 2.62. The third kappa shape index (κ3) is 1.95. The molecule has 66 valence electrons. The highest BCUT2D eigenvalue weighted by molar-refractivity contribution is 7.98.